The fourth-order valence-electron chi connectivity index (χ4n) is 3.03. The highest BCUT2D eigenvalue weighted by atomic mass is 19.3. The number of nitrogens with one attached hydrogen (secondary N) is 1. The van der Waals surface area contributed by atoms with Crippen LogP contribution in [0.5, 0.6) is 17.2 Å². The van der Waals surface area contributed by atoms with E-state index in [4.69, 9.17) is 16.0 Å². The number of halogens is 6. The van der Waals surface area contributed by atoms with Gasteiger partial charge in [0.15, 0.2) is 17.2 Å². The average molecular weight is 515 g/mol. The molecular formula is C21H15F6N5O4. The number of H-pyrrole nitrogens is 1. The number of alkyl halides is 6. The fraction of sp³-hybridized carbons (Fsp3) is 0.286. The molecule has 0 aliphatic heterocycles. The van der Waals surface area contributed by atoms with Gasteiger partial charge >= 0.3 is 12.3 Å². The maximum Gasteiger partial charge on any atom is 0.352 e. The summed E-state index contributed by atoms with van der Waals surface area (Å²) in [5.74, 6) is -7.51. The minimum absolute atomic E-state index is 0.114. The molecule has 2 aromatic heterocycles. The first-order valence-electron chi connectivity index (χ1n) is 9.76. The van der Waals surface area contributed by atoms with Crippen molar-refractivity contribution in [2.45, 2.75) is 32.2 Å². The molecule has 0 saturated carbocycles. The van der Waals surface area contributed by atoms with Crippen molar-refractivity contribution in [3.8, 4) is 17.2 Å². The summed E-state index contributed by atoms with van der Waals surface area (Å²) in [7, 11) is 1.01. The first-order valence-corrected chi connectivity index (χ1v) is 9.76. The van der Waals surface area contributed by atoms with Gasteiger partial charge in [-0.3, -0.25) is 14.2 Å². The van der Waals surface area contributed by atoms with Gasteiger partial charge in [0.2, 0.25) is 11.4 Å². The lowest BCUT2D eigenvalue weighted by Gasteiger charge is -2.20. The monoisotopic (exact) mass is 515 g/mol. The van der Waals surface area contributed by atoms with E-state index in [1.54, 1.807) is 0 Å². The lowest BCUT2D eigenvalue weighted by molar-refractivity contribution is -0.139. The Bertz CT molecular complexity index is 1450. The van der Waals surface area contributed by atoms with Crippen molar-refractivity contribution >= 4 is 5.69 Å². The molecule has 3 aromatic rings. The largest absolute Gasteiger partial charge is 0.504 e. The molecule has 3 rings (SSSR count). The highest BCUT2D eigenvalue weighted by Gasteiger charge is 2.48. The van der Waals surface area contributed by atoms with E-state index in [1.165, 1.54) is 6.92 Å². The SMILES string of the molecule is [C-]#[N+]c1cc(C(F)F)cc(Oc2c(C(F)(F)C(F)F)ncn(Cc3cnc(C)[nH]c3=O)c2=O)c1OC. The predicted molar refractivity (Wildman–Crippen MR) is 111 cm³/mol. The van der Waals surface area contributed by atoms with Crippen LogP contribution in [0.15, 0.2) is 34.2 Å². The molecule has 15 heteroatoms. The third-order valence-corrected chi connectivity index (χ3v) is 4.77. The summed E-state index contributed by atoms with van der Waals surface area (Å²) in [4.78, 5) is 37.6. The summed E-state index contributed by atoms with van der Waals surface area (Å²) >= 11 is 0. The van der Waals surface area contributed by atoms with Crippen molar-refractivity contribution in [2.24, 2.45) is 0 Å². The molecule has 2 heterocycles. The summed E-state index contributed by atoms with van der Waals surface area (Å²) < 4.78 is 92.3. The Morgan fingerprint density at radius 1 is 1.17 bits per heavy atom. The lowest BCUT2D eigenvalue weighted by atomic mass is 10.1. The van der Waals surface area contributed by atoms with Crippen molar-refractivity contribution < 1.29 is 35.8 Å². The van der Waals surface area contributed by atoms with Crippen molar-refractivity contribution in [2.75, 3.05) is 7.11 Å². The Kier molecular flexibility index (Phi) is 7.37. The van der Waals surface area contributed by atoms with Gasteiger partial charge in [0.1, 0.15) is 5.82 Å². The first kappa shape index (κ1) is 26.3. The van der Waals surface area contributed by atoms with Crippen LogP contribution in [0.3, 0.4) is 0 Å². The number of ether oxygens (including phenoxy) is 2. The molecule has 190 valence electrons. The van der Waals surface area contributed by atoms with Gasteiger partial charge in [-0.1, -0.05) is 0 Å². The molecule has 1 N–H and O–H groups in total. The van der Waals surface area contributed by atoms with E-state index in [0.29, 0.717) is 17.0 Å². The minimum Gasteiger partial charge on any atom is -0.504 e. The van der Waals surface area contributed by atoms with Gasteiger partial charge in [-0.25, -0.2) is 32.4 Å². The van der Waals surface area contributed by atoms with Crippen LogP contribution in [0.1, 0.15) is 29.1 Å². The first-order chi connectivity index (χ1) is 16.9. The quantitative estimate of drug-likeness (QED) is 0.354. The number of aryl methyl sites for hydroxylation is 1. The average Bonchev–Trinajstić information content (AvgIpc) is 2.82. The number of hydrogen-bond acceptors (Lipinski definition) is 6. The van der Waals surface area contributed by atoms with Crippen molar-refractivity contribution in [3.05, 3.63) is 79.4 Å². The number of rotatable bonds is 8. The number of methoxy groups -OCH3 is 1. The molecule has 0 spiro atoms. The summed E-state index contributed by atoms with van der Waals surface area (Å²) in [6, 6.07) is 1.35. The van der Waals surface area contributed by atoms with Gasteiger partial charge in [0, 0.05) is 11.8 Å². The summed E-state index contributed by atoms with van der Waals surface area (Å²) in [6.07, 6.45) is -5.87. The molecule has 0 bridgehead atoms. The number of aromatic amines is 1. The normalized spacial score (nSPS) is 11.6. The maximum atomic E-state index is 14.3. The molecule has 1 aromatic carbocycles. The van der Waals surface area contributed by atoms with E-state index in [1.807, 2.05) is 0 Å². The Labute approximate surface area is 197 Å². The van der Waals surface area contributed by atoms with Crippen LogP contribution >= 0.6 is 0 Å². The second-order valence-corrected chi connectivity index (χ2v) is 7.19. The molecule has 36 heavy (non-hydrogen) atoms. The van der Waals surface area contributed by atoms with E-state index in [9.17, 15) is 35.9 Å². The second-order valence-electron chi connectivity index (χ2n) is 7.19. The highest BCUT2D eigenvalue weighted by Crippen LogP contribution is 2.44. The molecule has 0 aliphatic rings. The Balaban J connectivity index is 2.25. The smallest absolute Gasteiger partial charge is 0.352 e. The highest BCUT2D eigenvalue weighted by molar-refractivity contribution is 5.66. The molecule has 0 aliphatic carbocycles. The summed E-state index contributed by atoms with van der Waals surface area (Å²) in [5.41, 5.74) is -5.34. The van der Waals surface area contributed by atoms with Gasteiger partial charge < -0.3 is 14.5 Å². The maximum absolute atomic E-state index is 14.3. The van der Waals surface area contributed by atoms with Crippen molar-refractivity contribution in [1.29, 1.82) is 0 Å². The lowest BCUT2D eigenvalue weighted by Crippen LogP contribution is -2.32. The molecule has 0 amide bonds. The number of nitrogens with zero attached hydrogens (tertiary/aromatic N) is 4. The topological polar surface area (TPSA) is 103 Å². The van der Waals surface area contributed by atoms with E-state index in [-0.39, 0.29) is 11.4 Å². The molecule has 0 atom stereocenters. The van der Waals surface area contributed by atoms with E-state index < -0.39 is 70.6 Å². The van der Waals surface area contributed by atoms with E-state index >= 15 is 0 Å². The van der Waals surface area contributed by atoms with Crippen LogP contribution in [-0.2, 0) is 12.5 Å². The van der Waals surface area contributed by atoms with Crippen molar-refractivity contribution in [1.82, 2.24) is 19.5 Å². The van der Waals surface area contributed by atoms with Crippen LogP contribution in [-0.4, -0.2) is 33.1 Å². The standard InChI is InChI=1S/C21H15F6N5O4/c1-9-29-6-11(18(33)31-9)7-32-8-30-16(21(26,27)20(24)25)15(19(32)34)36-13-5-10(17(22)23)4-12(28-2)14(13)35-3/h4-6,8,17,20H,7H2,1,3H3,(H,29,31,33). The third-order valence-electron chi connectivity index (χ3n) is 4.77. The Hall–Kier alpha value is -4.35. The number of benzene rings is 1. The minimum atomic E-state index is -4.99. The van der Waals surface area contributed by atoms with Gasteiger partial charge in [-0.15, -0.1) is 0 Å². The van der Waals surface area contributed by atoms with Crippen LogP contribution in [0.2, 0.25) is 0 Å². The van der Waals surface area contributed by atoms with Crippen LogP contribution in [0.25, 0.3) is 4.85 Å². The molecule has 9 nitrogen and oxygen atoms in total. The molecule has 0 unspecified atom stereocenters. The summed E-state index contributed by atoms with van der Waals surface area (Å²) in [6.45, 7) is 8.04. The molecule has 0 fully saturated rings. The fourth-order valence-corrected chi connectivity index (χ4v) is 3.03. The second kappa shape index (κ2) is 10.1. The van der Waals surface area contributed by atoms with Gasteiger partial charge in [0.25, 0.3) is 17.5 Å². The van der Waals surface area contributed by atoms with E-state index in [2.05, 4.69) is 19.8 Å². The molecular weight excluding hydrogens is 500 g/mol. The number of hydrogen-bond donors (Lipinski definition) is 1. The van der Waals surface area contributed by atoms with Crippen molar-refractivity contribution in [3.63, 3.8) is 0 Å². The van der Waals surface area contributed by atoms with Crippen LogP contribution < -0.4 is 20.6 Å². The Morgan fingerprint density at radius 3 is 2.42 bits per heavy atom. The van der Waals surface area contributed by atoms with Gasteiger partial charge in [0.05, 0.1) is 32.1 Å². The zero-order valence-electron chi connectivity index (χ0n) is 18.4. The van der Waals surface area contributed by atoms with Crippen LogP contribution in [0.4, 0.5) is 32.0 Å². The van der Waals surface area contributed by atoms with E-state index in [0.717, 1.165) is 19.4 Å². The van der Waals surface area contributed by atoms with Gasteiger partial charge in [-0.2, -0.15) is 8.78 Å². The third kappa shape index (κ3) is 5.02. The molecule has 0 saturated heterocycles. The summed E-state index contributed by atoms with van der Waals surface area (Å²) in [5, 5.41) is 0. The van der Waals surface area contributed by atoms with Crippen LogP contribution in [0, 0.1) is 13.5 Å². The predicted octanol–water partition coefficient (Wildman–Crippen LogP) is 4.33. The molecule has 0 radical (unpaired) electrons. The van der Waals surface area contributed by atoms with Gasteiger partial charge in [-0.05, 0) is 19.1 Å². The zero-order chi connectivity index (χ0) is 26.8. The zero-order valence-corrected chi connectivity index (χ0v) is 18.4. The number of aromatic nitrogens is 4. The Morgan fingerprint density at radius 2 is 1.86 bits per heavy atom.